The van der Waals surface area contributed by atoms with Crippen molar-refractivity contribution in [2.45, 2.75) is 26.7 Å². The standard InChI is InChI=1S/C16H24N2O/c1-13-10-14(2)12-18(11-13)9-8-16(19)17-15-6-4-3-5-7-15/h3-7,13-14H,8-12H2,1-2H3,(H,17,19)/t13-,14+. The van der Waals surface area contributed by atoms with Crippen LogP contribution in [0.2, 0.25) is 0 Å². The molecule has 3 heteroatoms. The Labute approximate surface area is 116 Å². The number of carbonyl (C=O) groups is 1. The number of carbonyl (C=O) groups excluding carboxylic acids is 1. The van der Waals surface area contributed by atoms with Crippen molar-refractivity contribution < 1.29 is 4.79 Å². The van der Waals surface area contributed by atoms with Crippen LogP contribution in [0.3, 0.4) is 0 Å². The Kier molecular flexibility index (Phi) is 4.97. The summed E-state index contributed by atoms with van der Waals surface area (Å²) >= 11 is 0. The van der Waals surface area contributed by atoms with Crippen LogP contribution in [0.4, 0.5) is 5.69 Å². The van der Waals surface area contributed by atoms with Crippen LogP contribution in [0, 0.1) is 11.8 Å². The average Bonchev–Trinajstić information content (AvgIpc) is 2.36. The lowest BCUT2D eigenvalue weighted by Gasteiger charge is -2.34. The third-order valence-electron chi connectivity index (χ3n) is 3.66. The number of likely N-dealkylation sites (tertiary alicyclic amines) is 1. The molecular formula is C16H24N2O. The summed E-state index contributed by atoms with van der Waals surface area (Å²) in [6.07, 6.45) is 1.89. The molecule has 1 aliphatic heterocycles. The van der Waals surface area contributed by atoms with E-state index in [9.17, 15) is 4.79 Å². The number of nitrogens with zero attached hydrogens (tertiary/aromatic N) is 1. The van der Waals surface area contributed by atoms with Gasteiger partial charge in [0.15, 0.2) is 0 Å². The first-order valence-corrected chi connectivity index (χ1v) is 7.20. The minimum absolute atomic E-state index is 0.108. The highest BCUT2D eigenvalue weighted by molar-refractivity contribution is 5.90. The zero-order valence-corrected chi connectivity index (χ0v) is 11.9. The lowest BCUT2D eigenvalue weighted by atomic mass is 9.92. The quantitative estimate of drug-likeness (QED) is 0.902. The monoisotopic (exact) mass is 260 g/mol. The summed E-state index contributed by atoms with van der Waals surface area (Å²) in [4.78, 5) is 14.3. The van der Waals surface area contributed by atoms with Gasteiger partial charge in [0, 0.05) is 31.7 Å². The average molecular weight is 260 g/mol. The van der Waals surface area contributed by atoms with E-state index in [0.29, 0.717) is 6.42 Å². The predicted octanol–water partition coefficient (Wildman–Crippen LogP) is 2.99. The van der Waals surface area contributed by atoms with Crippen LogP contribution in [0.15, 0.2) is 30.3 Å². The van der Waals surface area contributed by atoms with Gasteiger partial charge in [-0.05, 0) is 30.4 Å². The Bertz CT molecular complexity index is 394. The molecule has 0 unspecified atom stereocenters. The highest BCUT2D eigenvalue weighted by Gasteiger charge is 2.21. The van der Waals surface area contributed by atoms with Crippen LogP contribution in [-0.4, -0.2) is 30.4 Å². The summed E-state index contributed by atoms with van der Waals surface area (Å²) < 4.78 is 0. The van der Waals surface area contributed by atoms with Crippen LogP contribution in [0.25, 0.3) is 0 Å². The number of piperidine rings is 1. The fourth-order valence-corrected chi connectivity index (χ4v) is 2.98. The number of hydrogen-bond acceptors (Lipinski definition) is 2. The van der Waals surface area contributed by atoms with Crippen LogP contribution < -0.4 is 5.32 Å². The largest absolute Gasteiger partial charge is 0.326 e. The lowest BCUT2D eigenvalue weighted by Crippen LogP contribution is -2.40. The second kappa shape index (κ2) is 6.71. The van der Waals surface area contributed by atoms with E-state index in [-0.39, 0.29) is 5.91 Å². The Morgan fingerprint density at radius 1 is 1.21 bits per heavy atom. The molecule has 1 aromatic rings. The van der Waals surface area contributed by atoms with Crippen LogP contribution in [-0.2, 0) is 4.79 Å². The molecule has 2 rings (SSSR count). The first-order chi connectivity index (χ1) is 9.13. The topological polar surface area (TPSA) is 32.3 Å². The molecule has 1 aliphatic rings. The Hall–Kier alpha value is -1.35. The minimum atomic E-state index is 0.108. The number of benzene rings is 1. The van der Waals surface area contributed by atoms with Gasteiger partial charge in [0.2, 0.25) is 5.91 Å². The number of anilines is 1. The van der Waals surface area contributed by atoms with E-state index in [1.807, 2.05) is 30.3 Å². The summed E-state index contributed by atoms with van der Waals surface area (Å²) in [5.41, 5.74) is 0.882. The van der Waals surface area contributed by atoms with Gasteiger partial charge in [-0.15, -0.1) is 0 Å². The number of rotatable bonds is 4. The van der Waals surface area contributed by atoms with Gasteiger partial charge in [-0.25, -0.2) is 0 Å². The minimum Gasteiger partial charge on any atom is -0.326 e. The van der Waals surface area contributed by atoms with E-state index in [1.165, 1.54) is 6.42 Å². The van der Waals surface area contributed by atoms with Crippen LogP contribution in [0.1, 0.15) is 26.7 Å². The Balaban J connectivity index is 1.74. The molecule has 104 valence electrons. The molecule has 19 heavy (non-hydrogen) atoms. The summed E-state index contributed by atoms with van der Waals surface area (Å²) in [7, 11) is 0. The van der Waals surface area contributed by atoms with Gasteiger partial charge in [-0.2, -0.15) is 0 Å². The van der Waals surface area contributed by atoms with E-state index in [0.717, 1.165) is 37.2 Å². The number of nitrogens with one attached hydrogen (secondary N) is 1. The molecule has 0 aliphatic carbocycles. The second-order valence-electron chi connectivity index (χ2n) is 5.87. The Morgan fingerprint density at radius 3 is 2.47 bits per heavy atom. The second-order valence-corrected chi connectivity index (χ2v) is 5.87. The van der Waals surface area contributed by atoms with Crippen molar-refractivity contribution in [1.82, 2.24) is 4.90 Å². The SMILES string of the molecule is C[C@@H]1C[C@H](C)CN(CCC(=O)Nc2ccccc2)C1. The molecule has 0 radical (unpaired) electrons. The van der Waals surface area contributed by atoms with Crippen molar-refractivity contribution in [3.05, 3.63) is 30.3 Å². The van der Waals surface area contributed by atoms with Crippen LogP contribution in [0.5, 0.6) is 0 Å². The number of hydrogen-bond donors (Lipinski definition) is 1. The lowest BCUT2D eigenvalue weighted by molar-refractivity contribution is -0.116. The Morgan fingerprint density at radius 2 is 1.84 bits per heavy atom. The van der Waals surface area contributed by atoms with Crippen molar-refractivity contribution in [1.29, 1.82) is 0 Å². The van der Waals surface area contributed by atoms with Gasteiger partial charge >= 0.3 is 0 Å². The first-order valence-electron chi connectivity index (χ1n) is 7.20. The van der Waals surface area contributed by atoms with Gasteiger partial charge in [-0.3, -0.25) is 4.79 Å². The molecule has 1 saturated heterocycles. The van der Waals surface area contributed by atoms with Gasteiger partial charge in [-0.1, -0.05) is 32.0 Å². The first kappa shape index (κ1) is 14.1. The van der Waals surface area contributed by atoms with E-state index >= 15 is 0 Å². The molecule has 1 aromatic carbocycles. The van der Waals surface area contributed by atoms with Crippen molar-refractivity contribution in [3.63, 3.8) is 0 Å². The molecule has 1 heterocycles. The van der Waals surface area contributed by atoms with Crippen molar-refractivity contribution in [3.8, 4) is 0 Å². The molecule has 2 atom stereocenters. The smallest absolute Gasteiger partial charge is 0.225 e. The normalized spacial score (nSPS) is 24.1. The maximum absolute atomic E-state index is 11.9. The molecule has 0 aromatic heterocycles. The van der Waals surface area contributed by atoms with Gasteiger partial charge < -0.3 is 10.2 Å². The molecular weight excluding hydrogens is 236 g/mol. The summed E-state index contributed by atoms with van der Waals surface area (Å²) in [6.45, 7) is 7.72. The molecule has 0 bridgehead atoms. The summed E-state index contributed by atoms with van der Waals surface area (Å²) in [5, 5.41) is 2.94. The van der Waals surface area contributed by atoms with E-state index < -0.39 is 0 Å². The van der Waals surface area contributed by atoms with Gasteiger partial charge in [0.05, 0.1) is 0 Å². The third kappa shape index (κ3) is 4.67. The van der Waals surface area contributed by atoms with Crippen LogP contribution >= 0.6 is 0 Å². The molecule has 3 nitrogen and oxygen atoms in total. The van der Waals surface area contributed by atoms with Gasteiger partial charge in [0.1, 0.15) is 0 Å². The fourth-order valence-electron chi connectivity index (χ4n) is 2.98. The predicted molar refractivity (Wildman–Crippen MR) is 79.1 cm³/mol. The van der Waals surface area contributed by atoms with E-state index in [1.54, 1.807) is 0 Å². The third-order valence-corrected chi connectivity index (χ3v) is 3.66. The summed E-state index contributed by atoms with van der Waals surface area (Å²) in [6, 6.07) is 9.66. The maximum Gasteiger partial charge on any atom is 0.225 e. The van der Waals surface area contributed by atoms with Crippen molar-refractivity contribution >= 4 is 11.6 Å². The molecule has 1 fully saturated rings. The summed E-state index contributed by atoms with van der Waals surface area (Å²) in [5.74, 6) is 1.61. The number of para-hydroxylation sites is 1. The van der Waals surface area contributed by atoms with Gasteiger partial charge in [0.25, 0.3) is 0 Å². The van der Waals surface area contributed by atoms with E-state index in [4.69, 9.17) is 0 Å². The fraction of sp³-hybridized carbons (Fsp3) is 0.562. The molecule has 1 N–H and O–H groups in total. The van der Waals surface area contributed by atoms with E-state index in [2.05, 4.69) is 24.1 Å². The van der Waals surface area contributed by atoms with Crippen molar-refractivity contribution in [2.24, 2.45) is 11.8 Å². The number of amides is 1. The molecule has 0 saturated carbocycles. The zero-order valence-electron chi connectivity index (χ0n) is 11.9. The molecule has 1 amide bonds. The zero-order chi connectivity index (χ0) is 13.7. The van der Waals surface area contributed by atoms with Crippen molar-refractivity contribution in [2.75, 3.05) is 25.0 Å². The molecule has 0 spiro atoms. The maximum atomic E-state index is 11.9. The highest BCUT2D eigenvalue weighted by Crippen LogP contribution is 2.20. The highest BCUT2D eigenvalue weighted by atomic mass is 16.1.